The van der Waals surface area contributed by atoms with Crippen molar-refractivity contribution < 1.29 is 5.11 Å². The number of pyridine rings is 1. The third kappa shape index (κ3) is 4.43. The number of unbranched alkanes of at least 4 members (excludes halogenated alkanes) is 3. The fourth-order valence-corrected chi connectivity index (χ4v) is 1.69. The van der Waals surface area contributed by atoms with Crippen molar-refractivity contribution >= 4 is 0 Å². The lowest BCUT2D eigenvalue weighted by Crippen LogP contribution is -1.98. The first-order valence-corrected chi connectivity index (χ1v) is 5.83. The normalized spacial score (nSPS) is 12.7. The van der Waals surface area contributed by atoms with Gasteiger partial charge in [0.15, 0.2) is 0 Å². The van der Waals surface area contributed by atoms with Crippen LogP contribution in [-0.2, 0) is 0 Å². The zero-order valence-corrected chi connectivity index (χ0v) is 9.74. The van der Waals surface area contributed by atoms with Crippen LogP contribution in [0.4, 0.5) is 0 Å². The molecule has 0 fully saturated rings. The molecule has 1 unspecified atom stereocenters. The standard InChI is InChI=1S/C13H21NO/c1-3-4-5-6-7-13(15)12-8-11(2)9-14-10-12/h8-10,13,15H,3-7H2,1-2H3. The Morgan fingerprint density at radius 2 is 2.07 bits per heavy atom. The van der Waals surface area contributed by atoms with E-state index >= 15 is 0 Å². The summed E-state index contributed by atoms with van der Waals surface area (Å²) in [7, 11) is 0. The van der Waals surface area contributed by atoms with Crippen molar-refractivity contribution in [1.29, 1.82) is 0 Å². The van der Waals surface area contributed by atoms with Gasteiger partial charge < -0.3 is 5.11 Å². The Morgan fingerprint density at radius 3 is 2.73 bits per heavy atom. The van der Waals surface area contributed by atoms with Gasteiger partial charge in [-0.1, -0.05) is 38.7 Å². The van der Waals surface area contributed by atoms with E-state index in [1.807, 2.05) is 19.2 Å². The molecule has 0 aromatic carbocycles. The molecule has 2 heteroatoms. The highest BCUT2D eigenvalue weighted by Crippen LogP contribution is 2.19. The third-order valence-corrected chi connectivity index (χ3v) is 2.61. The summed E-state index contributed by atoms with van der Waals surface area (Å²) in [5.74, 6) is 0. The molecule has 15 heavy (non-hydrogen) atoms. The Balaban J connectivity index is 2.36. The second-order valence-corrected chi connectivity index (χ2v) is 4.16. The Kier molecular flexibility index (Phi) is 5.33. The number of aromatic nitrogens is 1. The predicted molar refractivity (Wildman–Crippen MR) is 62.7 cm³/mol. The first-order chi connectivity index (χ1) is 7.24. The van der Waals surface area contributed by atoms with Crippen molar-refractivity contribution in [3.63, 3.8) is 0 Å². The molecule has 0 aliphatic heterocycles. The molecule has 1 heterocycles. The largest absolute Gasteiger partial charge is 0.388 e. The van der Waals surface area contributed by atoms with Gasteiger partial charge in [-0.3, -0.25) is 4.98 Å². The Bertz CT molecular complexity index is 286. The Morgan fingerprint density at radius 1 is 1.27 bits per heavy atom. The van der Waals surface area contributed by atoms with Gasteiger partial charge >= 0.3 is 0 Å². The van der Waals surface area contributed by atoms with Crippen molar-refractivity contribution in [3.05, 3.63) is 29.6 Å². The van der Waals surface area contributed by atoms with E-state index in [-0.39, 0.29) is 6.10 Å². The van der Waals surface area contributed by atoms with Gasteiger partial charge in [-0.25, -0.2) is 0 Å². The minimum absolute atomic E-state index is 0.339. The average molecular weight is 207 g/mol. The summed E-state index contributed by atoms with van der Waals surface area (Å²) in [5.41, 5.74) is 2.06. The van der Waals surface area contributed by atoms with E-state index in [1.54, 1.807) is 6.20 Å². The van der Waals surface area contributed by atoms with Gasteiger partial charge in [0.25, 0.3) is 0 Å². The second kappa shape index (κ2) is 6.57. The molecule has 1 aromatic rings. The van der Waals surface area contributed by atoms with Crippen LogP contribution in [0.25, 0.3) is 0 Å². The lowest BCUT2D eigenvalue weighted by molar-refractivity contribution is 0.163. The maximum absolute atomic E-state index is 9.90. The summed E-state index contributed by atoms with van der Waals surface area (Å²) in [6, 6.07) is 2.01. The summed E-state index contributed by atoms with van der Waals surface area (Å²) < 4.78 is 0. The van der Waals surface area contributed by atoms with Crippen LogP contribution in [0.15, 0.2) is 18.5 Å². The summed E-state index contributed by atoms with van der Waals surface area (Å²) in [5, 5.41) is 9.90. The van der Waals surface area contributed by atoms with Crippen molar-refractivity contribution in [1.82, 2.24) is 4.98 Å². The van der Waals surface area contributed by atoms with Gasteiger partial charge in [0.2, 0.25) is 0 Å². The molecule has 0 saturated heterocycles. The topological polar surface area (TPSA) is 33.1 Å². The molecule has 0 bridgehead atoms. The molecule has 0 amide bonds. The molecule has 0 aliphatic carbocycles. The Hall–Kier alpha value is -0.890. The molecular formula is C13H21NO. The molecule has 0 radical (unpaired) electrons. The first-order valence-electron chi connectivity index (χ1n) is 5.83. The Labute approximate surface area is 92.4 Å². The maximum atomic E-state index is 9.90. The van der Waals surface area contributed by atoms with E-state index in [4.69, 9.17) is 0 Å². The van der Waals surface area contributed by atoms with Crippen LogP contribution < -0.4 is 0 Å². The molecule has 1 N–H and O–H groups in total. The van der Waals surface area contributed by atoms with E-state index in [1.165, 1.54) is 19.3 Å². The summed E-state index contributed by atoms with van der Waals surface area (Å²) in [4.78, 5) is 4.09. The maximum Gasteiger partial charge on any atom is 0.0805 e. The molecule has 0 saturated carbocycles. The van der Waals surface area contributed by atoms with E-state index < -0.39 is 0 Å². The van der Waals surface area contributed by atoms with Crippen LogP contribution in [0.3, 0.4) is 0 Å². The lowest BCUT2D eigenvalue weighted by Gasteiger charge is -2.10. The fourth-order valence-electron chi connectivity index (χ4n) is 1.69. The van der Waals surface area contributed by atoms with Crippen molar-refractivity contribution in [2.24, 2.45) is 0 Å². The SMILES string of the molecule is CCCCCCC(O)c1cncc(C)c1. The monoisotopic (exact) mass is 207 g/mol. The van der Waals surface area contributed by atoms with E-state index in [0.717, 1.165) is 24.0 Å². The summed E-state index contributed by atoms with van der Waals surface area (Å²) in [6.45, 7) is 4.20. The van der Waals surface area contributed by atoms with Crippen LogP contribution >= 0.6 is 0 Å². The molecule has 2 nitrogen and oxygen atoms in total. The van der Waals surface area contributed by atoms with Crippen molar-refractivity contribution in [3.8, 4) is 0 Å². The number of aliphatic hydroxyl groups excluding tert-OH is 1. The fraction of sp³-hybridized carbons (Fsp3) is 0.615. The second-order valence-electron chi connectivity index (χ2n) is 4.16. The number of hydrogen-bond donors (Lipinski definition) is 1. The van der Waals surface area contributed by atoms with Gasteiger partial charge in [-0.05, 0) is 24.5 Å². The molecule has 1 aromatic heterocycles. The lowest BCUT2D eigenvalue weighted by atomic mass is 10.0. The first kappa shape index (κ1) is 12.2. The van der Waals surface area contributed by atoms with Gasteiger partial charge in [-0.2, -0.15) is 0 Å². The molecule has 1 rings (SSSR count). The van der Waals surface area contributed by atoms with Crippen LogP contribution in [0.2, 0.25) is 0 Å². The molecule has 1 atom stereocenters. The minimum Gasteiger partial charge on any atom is -0.388 e. The minimum atomic E-state index is -0.339. The van der Waals surface area contributed by atoms with Gasteiger partial charge in [0.1, 0.15) is 0 Å². The zero-order chi connectivity index (χ0) is 11.1. The van der Waals surface area contributed by atoms with E-state index in [0.29, 0.717) is 0 Å². The highest BCUT2D eigenvalue weighted by atomic mass is 16.3. The number of hydrogen-bond acceptors (Lipinski definition) is 2. The van der Waals surface area contributed by atoms with Crippen molar-refractivity contribution in [2.75, 3.05) is 0 Å². The molecule has 0 spiro atoms. The van der Waals surface area contributed by atoms with Crippen LogP contribution in [0.5, 0.6) is 0 Å². The van der Waals surface area contributed by atoms with E-state index in [9.17, 15) is 5.11 Å². The zero-order valence-electron chi connectivity index (χ0n) is 9.74. The quantitative estimate of drug-likeness (QED) is 0.725. The van der Waals surface area contributed by atoms with Gasteiger partial charge in [0, 0.05) is 12.4 Å². The highest BCUT2D eigenvalue weighted by Gasteiger charge is 2.07. The summed E-state index contributed by atoms with van der Waals surface area (Å²) in [6.07, 6.45) is 8.90. The predicted octanol–water partition coefficient (Wildman–Crippen LogP) is 3.39. The number of nitrogens with zero attached hydrogens (tertiary/aromatic N) is 1. The van der Waals surface area contributed by atoms with Crippen LogP contribution in [0, 0.1) is 6.92 Å². The van der Waals surface area contributed by atoms with Gasteiger partial charge in [0.05, 0.1) is 6.10 Å². The average Bonchev–Trinajstić information content (AvgIpc) is 2.24. The number of aliphatic hydroxyl groups is 1. The summed E-state index contributed by atoms with van der Waals surface area (Å²) >= 11 is 0. The third-order valence-electron chi connectivity index (χ3n) is 2.61. The van der Waals surface area contributed by atoms with E-state index in [2.05, 4.69) is 11.9 Å². The molecular weight excluding hydrogens is 186 g/mol. The smallest absolute Gasteiger partial charge is 0.0805 e. The number of aryl methyl sites for hydroxylation is 1. The highest BCUT2D eigenvalue weighted by molar-refractivity contribution is 5.18. The number of rotatable bonds is 6. The van der Waals surface area contributed by atoms with Crippen molar-refractivity contribution in [2.45, 2.75) is 52.1 Å². The van der Waals surface area contributed by atoms with Crippen LogP contribution in [-0.4, -0.2) is 10.1 Å². The van der Waals surface area contributed by atoms with Crippen LogP contribution in [0.1, 0.15) is 56.3 Å². The molecule has 84 valence electrons. The van der Waals surface area contributed by atoms with Gasteiger partial charge in [-0.15, -0.1) is 0 Å². The molecule has 0 aliphatic rings.